The number of hydrogen-bond acceptors (Lipinski definition) is 4. The largest absolute Gasteiger partial charge is 0.507 e. The monoisotopic (exact) mass is 517 g/mol. The number of nitrogens with one attached hydrogen (secondary N) is 1. The standard InChI is InChI=1S/C24H25BrClN3O3/c1-13(2)32-9-5-8-29-23(15-6-4-7-16(25)11-15)20-21(27-28-22(20)24(29)31)17-12-18(26)14(3)10-19(17)30/h4,6-7,10-13,23,30H,5,8-9H2,1-3H3,(H,27,28). The lowest BCUT2D eigenvalue weighted by atomic mass is 9.95. The van der Waals surface area contributed by atoms with E-state index in [0.29, 0.717) is 41.5 Å². The minimum Gasteiger partial charge on any atom is -0.507 e. The molecule has 2 N–H and O–H groups in total. The Labute approximate surface area is 200 Å². The maximum absolute atomic E-state index is 13.4. The Bertz CT molecular complexity index is 1160. The van der Waals surface area contributed by atoms with Crippen molar-refractivity contribution in [2.24, 2.45) is 0 Å². The molecule has 0 saturated heterocycles. The lowest BCUT2D eigenvalue weighted by molar-refractivity contribution is 0.0601. The molecule has 2 aromatic carbocycles. The third-order valence-electron chi connectivity index (χ3n) is 5.55. The molecule has 32 heavy (non-hydrogen) atoms. The van der Waals surface area contributed by atoms with E-state index in [2.05, 4.69) is 26.1 Å². The van der Waals surface area contributed by atoms with Gasteiger partial charge in [-0.05, 0) is 62.6 Å². The number of fused-ring (bicyclic) bond motifs is 1. The van der Waals surface area contributed by atoms with Gasteiger partial charge in [-0.2, -0.15) is 5.10 Å². The van der Waals surface area contributed by atoms with Gasteiger partial charge in [-0.25, -0.2) is 0 Å². The number of nitrogens with zero attached hydrogens (tertiary/aromatic N) is 2. The van der Waals surface area contributed by atoms with Crippen molar-refractivity contribution in [2.75, 3.05) is 13.2 Å². The summed E-state index contributed by atoms with van der Waals surface area (Å²) in [7, 11) is 0. The van der Waals surface area contributed by atoms with E-state index in [4.69, 9.17) is 16.3 Å². The molecule has 0 saturated carbocycles. The summed E-state index contributed by atoms with van der Waals surface area (Å²) in [6.07, 6.45) is 0.853. The minimum atomic E-state index is -0.345. The summed E-state index contributed by atoms with van der Waals surface area (Å²) in [6, 6.07) is 10.9. The van der Waals surface area contributed by atoms with Gasteiger partial charge in [-0.15, -0.1) is 0 Å². The number of benzene rings is 2. The van der Waals surface area contributed by atoms with Gasteiger partial charge in [0.15, 0.2) is 0 Å². The number of rotatable bonds is 7. The van der Waals surface area contributed by atoms with Crippen LogP contribution >= 0.6 is 27.5 Å². The van der Waals surface area contributed by atoms with Crippen LogP contribution in [0.3, 0.4) is 0 Å². The first-order chi connectivity index (χ1) is 15.3. The van der Waals surface area contributed by atoms with Gasteiger partial charge in [-0.1, -0.05) is 39.7 Å². The maximum atomic E-state index is 13.4. The minimum absolute atomic E-state index is 0.0745. The number of carbonyl (C=O) groups is 1. The van der Waals surface area contributed by atoms with Gasteiger partial charge in [0.25, 0.3) is 5.91 Å². The average Bonchev–Trinajstić information content (AvgIpc) is 3.27. The van der Waals surface area contributed by atoms with Gasteiger partial charge < -0.3 is 14.7 Å². The van der Waals surface area contributed by atoms with E-state index in [1.165, 1.54) is 0 Å². The van der Waals surface area contributed by atoms with Crippen molar-refractivity contribution in [3.8, 4) is 17.0 Å². The molecule has 6 nitrogen and oxygen atoms in total. The van der Waals surface area contributed by atoms with Crippen molar-refractivity contribution < 1.29 is 14.6 Å². The summed E-state index contributed by atoms with van der Waals surface area (Å²) in [6.45, 7) is 6.92. The van der Waals surface area contributed by atoms with E-state index in [0.717, 1.165) is 21.2 Å². The molecule has 1 aromatic heterocycles. The van der Waals surface area contributed by atoms with Crippen molar-refractivity contribution >= 4 is 33.4 Å². The number of aromatic nitrogens is 2. The molecule has 0 spiro atoms. The number of phenols is 1. The fourth-order valence-electron chi connectivity index (χ4n) is 4.07. The number of ether oxygens (including phenoxy) is 1. The number of aryl methyl sites for hydroxylation is 1. The molecule has 0 bridgehead atoms. The molecule has 168 valence electrons. The quantitative estimate of drug-likeness (QED) is 0.384. The van der Waals surface area contributed by atoms with E-state index in [9.17, 15) is 9.90 Å². The van der Waals surface area contributed by atoms with Crippen molar-refractivity contribution in [1.82, 2.24) is 15.1 Å². The number of amides is 1. The molecule has 1 atom stereocenters. The highest BCUT2D eigenvalue weighted by molar-refractivity contribution is 9.10. The molecule has 1 amide bonds. The Morgan fingerprint density at radius 3 is 2.81 bits per heavy atom. The van der Waals surface area contributed by atoms with Gasteiger partial charge in [0.05, 0.1) is 12.1 Å². The van der Waals surface area contributed by atoms with Gasteiger partial charge in [0.2, 0.25) is 0 Å². The first-order valence-corrected chi connectivity index (χ1v) is 11.7. The molecule has 4 rings (SSSR count). The molecule has 1 aliphatic rings. The highest BCUT2D eigenvalue weighted by Crippen LogP contribution is 2.45. The predicted molar refractivity (Wildman–Crippen MR) is 128 cm³/mol. The van der Waals surface area contributed by atoms with Crippen molar-refractivity contribution in [1.29, 1.82) is 0 Å². The number of halogens is 2. The first-order valence-electron chi connectivity index (χ1n) is 10.5. The first kappa shape index (κ1) is 22.8. The van der Waals surface area contributed by atoms with Crippen LogP contribution in [0.4, 0.5) is 0 Å². The lowest BCUT2D eigenvalue weighted by Gasteiger charge is -2.27. The van der Waals surface area contributed by atoms with Gasteiger partial charge in [-0.3, -0.25) is 9.89 Å². The Kier molecular flexibility index (Phi) is 6.60. The SMILES string of the molecule is Cc1cc(O)c(-c2n[nH]c3c2C(c2cccc(Br)c2)N(CCCOC(C)C)C3=O)cc1Cl. The van der Waals surface area contributed by atoms with E-state index in [-0.39, 0.29) is 23.8 Å². The fourth-order valence-corrected chi connectivity index (χ4v) is 4.65. The predicted octanol–water partition coefficient (Wildman–Crippen LogP) is 5.87. The Hall–Kier alpha value is -2.35. The summed E-state index contributed by atoms with van der Waals surface area (Å²) < 4.78 is 6.60. The average molecular weight is 519 g/mol. The Morgan fingerprint density at radius 1 is 1.31 bits per heavy atom. The van der Waals surface area contributed by atoms with Crippen molar-refractivity contribution in [2.45, 2.75) is 39.3 Å². The Morgan fingerprint density at radius 2 is 2.09 bits per heavy atom. The van der Waals surface area contributed by atoms with E-state index in [1.54, 1.807) is 12.1 Å². The molecule has 0 radical (unpaired) electrons. The molecule has 2 heterocycles. The third kappa shape index (κ3) is 4.29. The summed E-state index contributed by atoms with van der Waals surface area (Å²) in [5.74, 6) is -0.0450. The smallest absolute Gasteiger partial charge is 0.273 e. The molecular weight excluding hydrogens is 494 g/mol. The zero-order valence-electron chi connectivity index (χ0n) is 18.2. The molecule has 3 aromatic rings. The zero-order valence-corrected chi connectivity index (χ0v) is 20.5. The van der Waals surface area contributed by atoms with Crippen LogP contribution < -0.4 is 0 Å². The molecule has 1 unspecified atom stereocenters. The summed E-state index contributed by atoms with van der Waals surface area (Å²) in [5, 5.41) is 18.5. The third-order valence-corrected chi connectivity index (χ3v) is 6.46. The second-order valence-electron chi connectivity index (χ2n) is 8.21. The molecule has 8 heteroatoms. The van der Waals surface area contributed by atoms with Crippen LogP contribution in [-0.2, 0) is 4.74 Å². The number of H-pyrrole nitrogens is 1. The van der Waals surface area contributed by atoms with Gasteiger partial charge in [0, 0.05) is 33.8 Å². The summed E-state index contributed by atoms with van der Waals surface area (Å²) in [4.78, 5) is 15.2. The van der Waals surface area contributed by atoms with E-state index < -0.39 is 0 Å². The number of carbonyl (C=O) groups excluding carboxylic acids is 1. The van der Waals surface area contributed by atoms with E-state index in [1.807, 2.05) is 49.9 Å². The summed E-state index contributed by atoms with van der Waals surface area (Å²) >= 11 is 9.89. The highest BCUT2D eigenvalue weighted by atomic mass is 79.9. The van der Waals surface area contributed by atoms with E-state index >= 15 is 0 Å². The maximum Gasteiger partial charge on any atom is 0.273 e. The van der Waals surface area contributed by atoms with Crippen LogP contribution in [0.2, 0.25) is 5.02 Å². The van der Waals surface area contributed by atoms with Crippen LogP contribution in [0.15, 0.2) is 40.9 Å². The van der Waals surface area contributed by atoms with Crippen LogP contribution in [0.5, 0.6) is 5.75 Å². The number of phenolic OH excluding ortho intramolecular Hbond substituents is 1. The van der Waals surface area contributed by atoms with Crippen LogP contribution in [0.1, 0.15) is 53.5 Å². The zero-order chi connectivity index (χ0) is 23.0. The number of hydrogen-bond donors (Lipinski definition) is 2. The highest BCUT2D eigenvalue weighted by Gasteiger charge is 2.42. The number of aromatic amines is 1. The van der Waals surface area contributed by atoms with Crippen LogP contribution in [0.25, 0.3) is 11.3 Å². The molecular formula is C24H25BrClN3O3. The second kappa shape index (κ2) is 9.25. The van der Waals surface area contributed by atoms with Crippen molar-refractivity contribution in [3.05, 3.63) is 68.3 Å². The normalized spacial score (nSPS) is 15.6. The van der Waals surface area contributed by atoms with Gasteiger partial charge in [0.1, 0.15) is 17.1 Å². The van der Waals surface area contributed by atoms with Crippen LogP contribution in [0, 0.1) is 6.92 Å². The van der Waals surface area contributed by atoms with Gasteiger partial charge >= 0.3 is 0 Å². The lowest BCUT2D eigenvalue weighted by Crippen LogP contribution is -2.31. The molecule has 0 aliphatic carbocycles. The number of aromatic hydroxyl groups is 1. The second-order valence-corrected chi connectivity index (χ2v) is 9.53. The fraction of sp³-hybridized carbons (Fsp3) is 0.333. The molecule has 0 fully saturated rings. The topological polar surface area (TPSA) is 78.5 Å². The molecule has 1 aliphatic heterocycles. The summed E-state index contributed by atoms with van der Waals surface area (Å²) in [5.41, 5.74) is 3.93. The van der Waals surface area contributed by atoms with Crippen LogP contribution in [-0.4, -0.2) is 45.4 Å². The van der Waals surface area contributed by atoms with Crippen molar-refractivity contribution in [3.63, 3.8) is 0 Å². The Balaban J connectivity index is 1.79.